The molecule has 4 fully saturated rings. The maximum absolute atomic E-state index is 4.85. The standard InChI is InChI=1S/C31H45N2P.2ClH.Ru/c1-32-23-24-33(2)31(32)29-19-12-20-30(28(29)22-21-25-13-6-3-7-14-25)34(26-15-8-4-9-16-26)27-17-10-5-11-18-27;;;/h3,6-7,13-14,21,26-27,30H,4-5,8-12,15-20,23-24H2,1-2H3;2*1H;/q;;;+2/p-2. The third-order valence-corrected chi connectivity index (χ3v) is 12.8. The van der Waals surface area contributed by atoms with E-state index in [9.17, 15) is 0 Å². The molecule has 206 valence electrons. The molecule has 1 saturated heterocycles. The molecule has 2 nitrogen and oxygen atoms in total. The molecule has 3 saturated carbocycles. The summed E-state index contributed by atoms with van der Waals surface area (Å²) < 4.78 is 0. The molecule has 0 radical (unpaired) electrons. The molecule has 1 aromatic carbocycles. The Balaban J connectivity index is 0.00000102. The van der Waals surface area contributed by atoms with Crippen LogP contribution in [0.1, 0.15) is 89.0 Å². The second kappa shape index (κ2) is 15.5. The van der Waals surface area contributed by atoms with Gasteiger partial charge in [0.15, 0.2) is 0 Å². The van der Waals surface area contributed by atoms with Gasteiger partial charge < -0.3 is 9.80 Å². The fourth-order valence-electron chi connectivity index (χ4n) is 7.21. The molecule has 0 amide bonds. The Kier molecular flexibility index (Phi) is 12.4. The molecule has 1 aliphatic heterocycles. The van der Waals surface area contributed by atoms with E-state index in [0.29, 0.717) is 0 Å². The van der Waals surface area contributed by atoms with Gasteiger partial charge in [0.1, 0.15) is 5.82 Å². The van der Waals surface area contributed by atoms with E-state index in [4.69, 9.17) is 19.4 Å². The van der Waals surface area contributed by atoms with E-state index in [0.717, 1.165) is 30.1 Å². The quantitative estimate of drug-likeness (QED) is 0.182. The molecule has 3 aliphatic carbocycles. The summed E-state index contributed by atoms with van der Waals surface area (Å²) in [5.41, 5.74) is 11.3. The topological polar surface area (TPSA) is 6.48 Å². The molecule has 0 spiro atoms. The van der Waals surface area contributed by atoms with Crippen molar-refractivity contribution in [1.29, 1.82) is 0 Å². The van der Waals surface area contributed by atoms with Crippen LogP contribution < -0.4 is 0 Å². The Hall–Kier alpha value is -0.287. The van der Waals surface area contributed by atoms with Crippen LogP contribution in [0, 0.1) is 0 Å². The molecule has 1 unspecified atom stereocenters. The zero-order valence-electron chi connectivity index (χ0n) is 22.8. The van der Waals surface area contributed by atoms with Crippen molar-refractivity contribution in [2.45, 2.75) is 100 Å². The van der Waals surface area contributed by atoms with Gasteiger partial charge in [0.25, 0.3) is 0 Å². The van der Waals surface area contributed by atoms with Gasteiger partial charge in [-0.1, -0.05) is 76.8 Å². The minimum absolute atomic E-state index is 0.00481. The zero-order valence-corrected chi connectivity index (χ0v) is 26.9. The Labute approximate surface area is 243 Å². The van der Waals surface area contributed by atoms with Crippen molar-refractivity contribution in [3.8, 4) is 0 Å². The third kappa shape index (κ3) is 7.89. The molecule has 1 aromatic rings. The average molecular weight is 649 g/mol. The minimum atomic E-state index is -0.346. The van der Waals surface area contributed by atoms with Crippen molar-refractivity contribution in [3.05, 3.63) is 58.6 Å². The molecular weight excluding hydrogens is 603 g/mol. The van der Waals surface area contributed by atoms with Gasteiger partial charge in [0.05, 0.1) is 0 Å². The molecule has 1 atom stereocenters. The summed E-state index contributed by atoms with van der Waals surface area (Å²) in [6, 6.07) is 10.9. The molecule has 0 bridgehead atoms. The first-order valence-electron chi connectivity index (χ1n) is 14.4. The summed E-state index contributed by atoms with van der Waals surface area (Å²) in [6.07, 6.45) is 21.1. The number of hydrogen-bond acceptors (Lipinski definition) is 2. The Morgan fingerprint density at radius 3 is 1.89 bits per heavy atom. The van der Waals surface area contributed by atoms with Gasteiger partial charge in [-0.2, -0.15) is 0 Å². The first-order chi connectivity index (χ1) is 18.1. The molecule has 1 heterocycles. The number of allylic oxidation sites excluding steroid dienone is 2. The normalized spacial score (nSPS) is 23.8. The van der Waals surface area contributed by atoms with Crippen LogP contribution in [-0.2, 0) is 15.1 Å². The molecule has 0 aromatic heterocycles. The zero-order chi connectivity index (χ0) is 26.0. The number of nitrogens with zero attached hydrogens (tertiary/aromatic N) is 2. The number of rotatable bonds is 4. The van der Waals surface area contributed by atoms with Gasteiger partial charge in [0, 0.05) is 44.0 Å². The fraction of sp³-hybridized carbons (Fsp3) is 0.645. The number of likely N-dealkylation sites (N-methyl/N-ethyl adjacent to an activating group) is 2. The van der Waals surface area contributed by atoms with E-state index in [1.165, 1.54) is 94.9 Å². The van der Waals surface area contributed by atoms with E-state index >= 15 is 0 Å². The summed E-state index contributed by atoms with van der Waals surface area (Å²) in [6.45, 7) is 2.30. The molecule has 6 heteroatoms. The van der Waals surface area contributed by atoms with Gasteiger partial charge in [-0.05, 0) is 67.9 Å². The Morgan fingerprint density at radius 1 is 0.811 bits per heavy atom. The molecule has 37 heavy (non-hydrogen) atoms. The maximum atomic E-state index is 4.85. The molecule has 4 aliphatic rings. The van der Waals surface area contributed by atoms with Gasteiger partial charge in [-0.25, -0.2) is 0 Å². The van der Waals surface area contributed by atoms with Crippen molar-refractivity contribution in [1.82, 2.24) is 9.80 Å². The van der Waals surface area contributed by atoms with E-state index in [2.05, 4.69) is 66.0 Å². The van der Waals surface area contributed by atoms with Crippen LogP contribution in [0.4, 0.5) is 0 Å². The fourth-order valence-corrected chi connectivity index (χ4v) is 11.8. The molecule has 5 rings (SSSR count). The summed E-state index contributed by atoms with van der Waals surface area (Å²) in [5, 5.41) is 0. The van der Waals surface area contributed by atoms with Crippen molar-refractivity contribution < 1.29 is 15.1 Å². The average Bonchev–Trinajstić information content (AvgIpc) is 3.27. The van der Waals surface area contributed by atoms with E-state index in [1.807, 2.05) is 0 Å². The summed E-state index contributed by atoms with van der Waals surface area (Å²) in [5.74, 6) is 1.50. The van der Waals surface area contributed by atoms with Crippen LogP contribution in [0.15, 0.2) is 53.0 Å². The number of benzene rings is 1. The molecule has 0 N–H and O–H groups in total. The van der Waals surface area contributed by atoms with Gasteiger partial charge in [0.2, 0.25) is 0 Å². The van der Waals surface area contributed by atoms with Crippen LogP contribution in [-0.4, -0.2) is 54.0 Å². The van der Waals surface area contributed by atoms with Crippen molar-refractivity contribution in [3.63, 3.8) is 0 Å². The second-order valence-corrected chi connectivity index (χ2v) is 16.9. The van der Waals surface area contributed by atoms with Gasteiger partial charge in [-0.15, -0.1) is 5.73 Å². The van der Waals surface area contributed by atoms with Crippen LogP contribution in [0.3, 0.4) is 0 Å². The van der Waals surface area contributed by atoms with Crippen LogP contribution in [0.5, 0.6) is 0 Å². The second-order valence-electron chi connectivity index (χ2n) is 11.2. The van der Waals surface area contributed by atoms with E-state index < -0.39 is 0 Å². The van der Waals surface area contributed by atoms with Crippen molar-refractivity contribution in [2.75, 3.05) is 27.2 Å². The van der Waals surface area contributed by atoms with Crippen LogP contribution in [0.2, 0.25) is 0 Å². The predicted molar refractivity (Wildman–Crippen MR) is 160 cm³/mol. The summed E-state index contributed by atoms with van der Waals surface area (Å²) in [4.78, 5) is 5.04. The van der Waals surface area contributed by atoms with Gasteiger partial charge in [-0.3, -0.25) is 0 Å². The Bertz CT molecular complexity index is 904. The SMILES string of the molecule is CN1CCN(C)C1=C1CCCC(P(C2CCCCC2)C2CCCCC2)C1=C=Cc1ccccc1.[Cl][Ru][Cl]. The van der Waals surface area contributed by atoms with Gasteiger partial charge >= 0.3 is 34.5 Å². The predicted octanol–water partition coefficient (Wildman–Crippen LogP) is 9.39. The van der Waals surface area contributed by atoms with Crippen LogP contribution >= 0.6 is 27.3 Å². The summed E-state index contributed by atoms with van der Waals surface area (Å²) >= 11 is -0.346. The summed E-state index contributed by atoms with van der Waals surface area (Å²) in [7, 11) is 14.3. The Morgan fingerprint density at radius 2 is 1.35 bits per heavy atom. The van der Waals surface area contributed by atoms with E-state index in [1.54, 1.807) is 11.1 Å². The number of hydrogen-bond donors (Lipinski definition) is 0. The van der Waals surface area contributed by atoms with E-state index in [-0.39, 0.29) is 23.1 Å². The monoisotopic (exact) mass is 648 g/mol. The first-order valence-corrected chi connectivity index (χ1v) is 20.5. The number of halogens is 2. The van der Waals surface area contributed by atoms with Crippen molar-refractivity contribution in [2.24, 2.45) is 0 Å². The van der Waals surface area contributed by atoms with Crippen molar-refractivity contribution >= 4 is 33.4 Å². The molecular formula is C31H45Cl2N2PRu. The first kappa shape index (κ1) is 29.7. The third-order valence-electron chi connectivity index (χ3n) is 8.87. The van der Waals surface area contributed by atoms with Crippen LogP contribution in [0.25, 0.3) is 6.08 Å².